The van der Waals surface area contributed by atoms with Crippen LogP contribution in [-0.4, -0.2) is 48.4 Å². The summed E-state index contributed by atoms with van der Waals surface area (Å²) < 4.78 is 0. The maximum atomic E-state index is 4.42. The van der Waals surface area contributed by atoms with Crippen LogP contribution in [0.2, 0.25) is 0 Å². The van der Waals surface area contributed by atoms with Gasteiger partial charge in [-0.3, -0.25) is 20.0 Å². The Bertz CT molecular complexity index is 256. The van der Waals surface area contributed by atoms with Crippen molar-refractivity contribution in [3.05, 3.63) is 12.7 Å². The maximum absolute atomic E-state index is 4.42. The first-order valence-electron chi connectivity index (χ1n) is 4.60. The molecule has 0 fully saturated rings. The highest BCUT2D eigenvalue weighted by atomic mass is 15.7. The monoisotopic (exact) mass is 178 g/mol. The minimum absolute atomic E-state index is 0.852. The van der Waals surface area contributed by atoms with Gasteiger partial charge in [0.05, 0.1) is 26.2 Å². The van der Waals surface area contributed by atoms with E-state index in [1.807, 2.05) is 12.4 Å². The van der Waals surface area contributed by atoms with Crippen molar-refractivity contribution in [1.82, 2.24) is 10.0 Å². The second-order valence-electron chi connectivity index (χ2n) is 3.10. The van der Waals surface area contributed by atoms with E-state index in [-0.39, 0.29) is 0 Å². The van der Waals surface area contributed by atoms with E-state index in [2.05, 4.69) is 26.6 Å². The van der Waals surface area contributed by atoms with Crippen molar-refractivity contribution in [2.75, 3.05) is 26.2 Å². The highest BCUT2D eigenvalue weighted by molar-refractivity contribution is 5.85. The fraction of sp³-hybridized carbons (Fsp3) is 0.556. The van der Waals surface area contributed by atoms with Crippen LogP contribution in [0.15, 0.2) is 22.6 Å². The van der Waals surface area contributed by atoms with E-state index in [1.54, 1.807) is 0 Å². The average molecular weight is 178 g/mol. The van der Waals surface area contributed by atoms with E-state index in [4.69, 9.17) is 0 Å². The number of nitrogens with zero attached hydrogens (tertiary/aromatic N) is 4. The molecule has 0 unspecified atom stereocenters. The SMILES string of the molecule is C=CCC1=NCCN1N1C=NCC1. The van der Waals surface area contributed by atoms with E-state index in [9.17, 15) is 0 Å². The van der Waals surface area contributed by atoms with Gasteiger partial charge in [-0.15, -0.1) is 6.58 Å². The van der Waals surface area contributed by atoms with Crippen LogP contribution < -0.4 is 0 Å². The van der Waals surface area contributed by atoms with E-state index in [0.717, 1.165) is 38.4 Å². The normalized spacial score (nSPS) is 21.1. The van der Waals surface area contributed by atoms with Crippen LogP contribution in [0.3, 0.4) is 0 Å². The number of hydrazine groups is 1. The van der Waals surface area contributed by atoms with Gasteiger partial charge in [-0.1, -0.05) is 6.08 Å². The molecule has 0 saturated carbocycles. The van der Waals surface area contributed by atoms with E-state index >= 15 is 0 Å². The van der Waals surface area contributed by atoms with Gasteiger partial charge in [0.1, 0.15) is 12.2 Å². The Kier molecular flexibility index (Phi) is 2.29. The Balaban J connectivity index is 2.02. The van der Waals surface area contributed by atoms with E-state index in [1.165, 1.54) is 0 Å². The molecule has 2 aliphatic heterocycles. The van der Waals surface area contributed by atoms with Gasteiger partial charge >= 0.3 is 0 Å². The smallest absolute Gasteiger partial charge is 0.122 e. The molecule has 0 aliphatic carbocycles. The molecule has 4 heteroatoms. The third-order valence-electron chi connectivity index (χ3n) is 2.21. The van der Waals surface area contributed by atoms with Crippen LogP contribution in [0.1, 0.15) is 6.42 Å². The first kappa shape index (κ1) is 8.29. The van der Waals surface area contributed by atoms with Crippen molar-refractivity contribution in [3.8, 4) is 0 Å². The molecule has 0 atom stereocenters. The molecule has 13 heavy (non-hydrogen) atoms. The van der Waals surface area contributed by atoms with Gasteiger partial charge in [0.15, 0.2) is 0 Å². The van der Waals surface area contributed by atoms with Crippen LogP contribution in [0.5, 0.6) is 0 Å². The predicted octanol–water partition coefficient (Wildman–Crippen LogP) is 0.536. The number of hydrogen-bond acceptors (Lipinski definition) is 4. The Labute approximate surface area is 78.2 Å². The number of amidine groups is 1. The lowest BCUT2D eigenvalue weighted by molar-refractivity contribution is 0.167. The summed E-state index contributed by atoms with van der Waals surface area (Å²) in [7, 11) is 0. The topological polar surface area (TPSA) is 31.2 Å². The number of hydrogen-bond donors (Lipinski definition) is 0. The molecule has 0 bridgehead atoms. The van der Waals surface area contributed by atoms with Crippen LogP contribution in [0.4, 0.5) is 0 Å². The van der Waals surface area contributed by atoms with Gasteiger partial charge in [0.25, 0.3) is 0 Å². The van der Waals surface area contributed by atoms with Gasteiger partial charge < -0.3 is 0 Å². The Morgan fingerprint density at radius 2 is 2.38 bits per heavy atom. The molecule has 2 aliphatic rings. The number of rotatable bonds is 3. The van der Waals surface area contributed by atoms with Crippen LogP contribution in [0.25, 0.3) is 0 Å². The highest BCUT2D eigenvalue weighted by Gasteiger charge is 2.21. The summed E-state index contributed by atoms with van der Waals surface area (Å²) in [6, 6.07) is 0. The van der Waals surface area contributed by atoms with Crippen molar-refractivity contribution in [1.29, 1.82) is 0 Å². The lowest BCUT2D eigenvalue weighted by Crippen LogP contribution is -2.42. The molecule has 0 amide bonds. The van der Waals surface area contributed by atoms with Gasteiger partial charge in [-0.05, 0) is 0 Å². The summed E-state index contributed by atoms with van der Waals surface area (Å²) in [6.07, 6.45) is 4.64. The lowest BCUT2D eigenvalue weighted by Gasteiger charge is -2.28. The molecule has 0 N–H and O–H groups in total. The van der Waals surface area contributed by atoms with Crippen molar-refractivity contribution < 1.29 is 0 Å². The lowest BCUT2D eigenvalue weighted by atomic mass is 10.4. The molecule has 2 rings (SSSR count). The zero-order valence-corrected chi connectivity index (χ0v) is 7.69. The van der Waals surface area contributed by atoms with Crippen LogP contribution in [-0.2, 0) is 0 Å². The summed E-state index contributed by atoms with van der Waals surface area (Å²) in [5.41, 5.74) is 0. The standard InChI is InChI=1S/C9H14N4/c1-2-3-9-11-5-7-13(9)12-6-4-10-8-12/h2,8H,1,3-7H2. The van der Waals surface area contributed by atoms with Crippen LogP contribution >= 0.6 is 0 Å². The first-order chi connectivity index (χ1) is 6.42. The summed E-state index contributed by atoms with van der Waals surface area (Å²) in [4.78, 5) is 8.60. The van der Waals surface area contributed by atoms with Crippen LogP contribution in [0, 0.1) is 0 Å². The zero-order valence-electron chi connectivity index (χ0n) is 7.69. The molecule has 2 heterocycles. The summed E-state index contributed by atoms with van der Waals surface area (Å²) >= 11 is 0. The summed E-state index contributed by atoms with van der Waals surface area (Å²) in [5, 5.41) is 4.33. The van der Waals surface area contributed by atoms with Crippen molar-refractivity contribution in [3.63, 3.8) is 0 Å². The van der Waals surface area contributed by atoms with Crippen molar-refractivity contribution >= 4 is 12.2 Å². The van der Waals surface area contributed by atoms with Gasteiger partial charge in [0.2, 0.25) is 0 Å². The molecule has 0 radical (unpaired) electrons. The Hall–Kier alpha value is -1.32. The van der Waals surface area contributed by atoms with E-state index in [0.29, 0.717) is 0 Å². The average Bonchev–Trinajstić information content (AvgIpc) is 2.71. The minimum Gasteiger partial charge on any atom is -0.272 e. The first-order valence-corrected chi connectivity index (χ1v) is 4.60. The fourth-order valence-electron chi connectivity index (χ4n) is 1.61. The molecule has 4 nitrogen and oxygen atoms in total. The molecule has 0 aromatic rings. The molecule has 0 spiro atoms. The molecule has 0 aromatic heterocycles. The second kappa shape index (κ2) is 3.60. The van der Waals surface area contributed by atoms with Gasteiger partial charge in [0, 0.05) is 6.42 Å². The van der Waals surface area contributed by atoms with Gasteiger partial charge in [-0.25, -0.2) is 0 Å². The fourth-order valence-corrected chi connectivity index (χ4v) is 1.61. The molecular formula is C9H14N4. The van der Waals surface area contributed by atoms with E-state index < -0.39 is 0 Å². The largest absolute Gasteiger partial charge is 0.272 e. The molecule has 70 valence electrons. The third-order valence-corrected chi connectivity index (χ3v) is 2.21. The highest BCUT2D eigenvalue weighted by Crippen LogP contribution is 2.10. The number of aliphatic imine (C=N–C) groups is 2. The summed E-state index contributed by atoms with van der Waals surface area (Å²) in [6.45, 7) is 7.49. The molecular weight excluding hydrogens is 164 g/mol. The molecule has 0 saturated heterocycles. The Morgan fingerprint density at radius 3 is 3.08 bits per heavy atom. The second-order valence-corrected chi connectivity index (χ2v) is 3.10. The predicted molar refractivity (Wildman–Crippen MR) is 53.9 cm³/mol. The maximum Gasteiger partial charge on any atom is 0.122 e. The van der Waals surface area contributed by atoms with Crippen molar-refractivity contribution in [2.24, 2.45) is 9.98 Å². The molecule has 0 aromatic carbocycles. The minimum atomic E-state index is 0.852. The zero-order chi connectivity index (χ0) is 9.10. The van der Waals surface area contributed by atoms with Crippen molar-refractivity contribution in [2.45, 2.75) is 6.42 Å². The Morgan fingerprint density at radius 1 is 1.46 bits per heavy atom. The van der Waals surface area contributed by atoms with Gasteiger partial charge in [-0.2, -0.15) is 0 Å². The summed E-state index contributed by atoms with van der Waals surface area (Å²) in [5.74, 6) is 1.11. The third kappa shape index (κ3) is 1.56. The quantitative estimate of drug-likeness (QED) is 0.590.